The van der Waals surface area contributed by atoms with Crippen LogP contribution in [0.3, 0.4) is 0 Å². The van der Waals surface area contributed by atoms with Crippen LogP contribution in [-0.2, 0) is 99.0 Å². The van der Waals surface area contributed by atoms with Gasteiger partial charge in [-0.1, -0.05) is 0 Å². The average Bonchev–Trinajstić information content (AvgIpc) is 2.54. The van der Waals surface area contributed by atoms with Crippen LogP contribution >= 0.6 is 0 Å². The molecule has 0 aliphatic carbocycles. The maximum Gasteiger partial charge on any atom is 2.00 e. The number of rotatable bonds is 0. The van der Waals surface area contributed by atoms with Crippen molar-refractivity contribution in [2.24, 2.45) is 0 Å². The molecule has 0 bridgehead atoms. The molecule has 0 heterocycles. The van der Waals surface area contributed by atoms with Crippen molar-refractivity contribution in [3.05, 3.63) is 53.2 Å². The third-order valence-corrected chi connectivity index (χ3v) is 0. The smallest absolute Gasteiger partial charge is 0 e. The molecule has 0 atom stereocenters. The largest absolute Gasteiger partial charge is 2.00 e. The SMILES string of the molecule is [C-]#[O+].[C-]#[O+].[C-]#[O+].[C-]#[O+].[C-]#[O+].[C-]#[O+].[C-]#[O+].[C-]#[O+].[Fe].[Fe].[Hg+2].[K+].[K+]. The van der Waals surface area contributed by atoms with E-state index in [9.17, 15) is 0 Å². The van der Waals surface area contributed by atoms with Crippen LogP contribution in [0.5, 0.6) is 0 Å². The molecule has 0 spiro atoms. The summed E-state index contributed by atoms with van der Waals surface area (Å²) in [5.41, 5.74) is 0. The fourth-order valence-corrected chi connectivity index (χ4v) is 0. The van der Waals surface area contributed by atoms with Gasteiger partial charge < -0.3 is 0 Å². The summed E-state index contributed by atoms with van der Waals surface area (Å²) in [6.07, 6.45) is 0. The van der Waals surface area contributed by atoms with Crippen molar-refractivity contribution in [3.8, 4) is 0 Å². The maximum absolute atomic E-state index is 7.50. The van der Waals surface area contributed by atoms with Crippen LogP contribution in [0.4, 0.5) is 0 Å². The Hall–Kier alpha value is 3.17. The summed E-state index contributed by atoms with van der Waals surface area (Å²) in [6, 6.07) is 0. The maximum atomic E-state index is 7.50. The molecule has 96 valence electrons. The molecule has 0 aromatic heterocycles. The molecule has 0 aromatic carbocycles. The van der Waals surface area contributed by atoms with Crippen LogP contribution in [0.2, 0.25) is 0 Å². The molecule has 13 heteroatoms. The van der Waals surface area contributed by atoms with Crippen LogP contribution < -0.4 is 103 Å². The van der Waals surface area contributed by atoms with Crippen molar-refractivity contribution >= 4 is 0 Å². The van der Waals surface area contributed by atoms with E-state index in [0.29, 0.717) is 0 Å². The Kier molecular flexibility index (Phi) is 5620. The van der Waals surface area contributed by atoms with E-state index in [-0.39, 0.29) is 165 Å². The van der Waals surface area contributed by atoms with Gasteiger partial charge in [0.25, 0.3) is 0 Å². The fourth-order valence-electron chi connectivity index (χ4n) is 0. The summed E-state index contributed by atoms with van der Waals surface area (Å²) in [4.78, 5) is 0. The minimum atomic E-state index is 0. The van der Waals surface area contributed by atoms with E-state index < -0.39 is 0 Å². The second-order valence-corrected chi connectivity index (χ2v) is 0. The molecule has 0 aromatic rings. The van der Waals surface area contributed by atoms with E-state index in [4.69, 9.17) is 37.2 Å². The van der Waals surface area contributed by atoms with Gasteiger partial charge >= 0.3 is 221 Å². The Balaban J connectivity index is -0.00000000306. The van der Waals surface area contributed by atoms with Gasteiger partial charge in [-0.2, -0.15) is 0 Å². The summed E-state index contributed by atoms with van der Waals surface area (Å²) in [5.74, 6) is 0. The first-order valence-corrected chi connectivity index (χ1v) is 1.63. The molecule has 0 amide bonds. The van der Waals surface area contributed by atoms with E-state index in [2.05, 4.69) is 53.2 Å². The minimum Gasteiger partial charge on any atom is 0 e. The normalized spacial score (nSPS) is 0.762. The van der Waals surface area contributed by atoms with Crippen LogP contribution in [0.25, 0.3) is 0 Å². The second-order valence-electron chi connectivity index (χ2n) is 0. The van der Waals surface area contributed by atoms with E-state index in [1.165, 1.54) is 0 Å². The number of hydrogen-bond acceptors (Lipinski definition) is 0. The van der Waals surface area contributed by atoms with Gasteiger partial charge in [0.2, 0.25) is 0 Å². The van der Waals surface area contributed by atoms with Crippen molar-refractivity contribution in [1.82, 2.24) is 0 Å². The Bertz CT molecular complexity index is 150. The predicted octanol–water partition coefficient (Wildman–Crippen LogP) is -6.30. The topological polar surface area (TPSA) is 159 Å². The van der Waals surface area contributed by atoms with Crippen LogP contribution in [0, 0.1) is 53.2 Å². The Morgan fingerprint density at radius 2 is 0.286 bits per heavy atom. The Morgan fingerprint density at radius 1 is 0.286 bits per heavy atom. The van der Waals surface area contributed by atoms with Gasteiger partial charge in [0, 0.05) is 34.1 Å². The monoisotopic (exact) mass is 616 g/mol. The summed E-state index contributed by atoms with van der Waals surface area (Å²) < 4.78 is 60.0. The molecule has 0 fully saturated rings. The summed E-state index contributed by atoms with van der Waals surface area (Å²) in [7, 11) is 0. The number of hydrogen-bond donors (Lipinski definition) is 0. The summed E-state index contributed by atoms with van der Waals surface area (Å²) in [5, 5.41) is 0. The Labute approximate surface area is 249 Å². The second kappa shape index (κ2) is 1140. The standard InChI is InChI=1S/8CO.2Fe.Hg.2K/c8*1-2;;;;;/q;;;;;;;;;;+2;2*+1. The van der Waals surface area contributed by atoms with Crippen molar-refractivity contribution in [1.29, 1.82) is 0 Å². The first-order chi connectivity index (χ1) is 8.00. The van der Waals surface area contributed by atoms with E-state index >= 15 is 0 Å². The average molecular weight is 615 g/mol. The van der Waals surface area contributed by atoms with E-state index in [1.807, 2.05) is 0 Å². The van der Waals surface area contributed by atoms with Gasteiger partial charge in [-0.15, -0.1) is 0 Å². The molecule has 0 aliphatic rings. The molecular formula is C8Fe2HgK2O8+4. The molecule has 0 rings (SSSR count). The zero-order valence-electron chi connectivity index (χ0n) is 10.7. The first-order valence-electron chi connectivity index (χ1n) is 1.63. The molecule has 0 radical (unpaired) electrons. The van der Waals surface area contributed by atoms with Crippen molar-refractivity contribution in [2.45, 2.75) is 0 Å². The predicted molar refractivity (Wildman–Crippen MR) is 31.4 cm³/mol. The van der Waals surface area contributed by atoms with Gasteiger partial charge in [0.05, 0.1) is 0 Å². The Morgan fingerprint density at radius 3 is 0.286 bits per heavy atom. The molecule has 8 nitrogen and oxygen atoms in total. The molecular weight excluding hydrogens is 615 g/mol. The van der Waals surface area contributed by atoms with Crippen molar-refractivity contribution in [2.75, 3.05) is 0 Å². The summed E-state index contributed by atoms with van der Waals surface area (Å²) >= 11 is 0. The fraction of sp³-hybridized carbons (Fsp3) is 0. The third kappa shape index (κ3) is 1040. The zero-order chi connectivity index (χ0) is 16.0. The molecule has 0 saturated heterocycles. The molecule has 0 saturated carbocycles. The van der Waals surface area contributed by atoms with Gasteiger partial charge in [-0.3, -0.25) is 0 Å². The first kappa shape index (κ1) is 104. The van der Waals surface area contributed by atoms with Crippen molar-refractivity contribution in [3.63, 3.8) is 0 Å². The van der Waals surface area contributed by atoms with E-state index in [1.54, 1.807) is 0 Å². The molecule has 0 N–H and O–H groups in total. The molecule has 0 unspecified atom stereocenters. The van der Waals surface area contributed by atoms with Crippen LogP contribution in [0.15, 0.2) is 0 Å². The van der Waals surface area contributed by atoms with Crippen LogP contribution in [-0.4, -0.2) is 0 Å². The minimum absolute atomic E-state index is 0. The molecule has 0 aliphatic heterocycles. The van der Waals surface area contributed by atoms with Gasteiger partial charge in [0.1, 0.15) is 0 Å². The van der Waals surface area contributed by atoms with Gasteiger partial charge in [-0.05, 0) is 0 Å². The molecule has 21 heavy (non-hydrogen) atoms. The van der Waals surface area contributed by atoms with Gasteiger partial charge in [0.15, 0.2) is 0 Å². The third-order valence-electron chi connectivity index (χ3n) is 0. The van der Waals surface area contributed by atoms with E-state index in [0.717, 1.165) is 0 Å². The summed E-state index contributed by atoms with van der Waals surface area (Å²) in [6.45, 7) is 36.0. The van der Waals surface area contributed by atoms with Crippen LogP contribution in [0.1, 0.15) is 0 Å². The zero-order valence-corrected chi connectivity index (χ0v) is 24.6. The quantitative estimate of drug-likeness (QED) is 0.145. The van der Waals surface area contributed by atoms with Gasteiger partial charge in [-0.25, -0.2) is 0 Å². The van der Waals surface area contributed by atoms with Crippen molar-refractivity contribution < 1.29 is 202 Å².